The van der Waals surface area contributed by atoms with Crippen LogP contribution in [0.3, 0.4) is 0 Å². The molecule has 0 aliphatic carbocycles. The van der Waals surface area contributed by atoms with Gasteiger partial charge in [0.1, 0.15) is 5.75 Å². The van der Waals surface area contributed by atoms with E-state index in [0.29, 0.717) is 23.5 Å². The molecule has 0 saturated heterocycles. The predicted octanol–water partition coefficient (Wildman–Crippen LogP) is 3.60. The van der Waals surface area contributed by atoms with Crippen LogP contribution in [-0.2, 0) is 4.79 Å². The highest BCUT2D eigenvalue weighted by Gasteiger charge is 2.08. The van der Waals surface area contributed by atoms with E-state index in [9.17, 15) is 9.59 Å². The van der Waals surface area contributed by atoms with Gasteiger partial charge in [-0.25, -0.2) is 0 Å². The quantitative estimate of drug-likeness (QED) is 0.886. The Hall–Kier alpha value is -2.82. The number of rotatable bonds is 5. The largest absolute Gasteiger partial charge is 0.494 e. The van der Waals surface area contributed by atoms with Crippen molar-refractivity contribution in [2.45, 2.75) is 20.8 Å². The summed E-state index contributed by atoms with van der Waals surface area (Å²) >= 11 is 0. The molecule has 0 aliphatic rings. The van der Waals surface area contributed by atoms with E-state index in [0.717, 1.165) is 11.3 Å². The highest BCUT2D eigenvalue weighted by atomic mass is 16.5. The lowest BCUT2D eigenvalue weighted by Gasteiger charge is -2.11. The number of ether oxygens (including phenoxy) is 1. The fourth-order valence-electron chi connectivity index (χ4n) is 2.19. The Morgan fingerprint density at radius 1 is 1.04 bits per heavy atom. The molecule has 2 aromatic rings. The molecule has 0 aromatic heterocycles. The summed E-state index contributed by atoms with van der Waals surface area (Å²) in [5.41, 5.74) is 2.72. The van der Waals surface area contributed by atoms with E-state index in [1.807, 2.05) is 26.0 Å². The van der Waals surface area contributed by atoms with Gasteiger partial charge in [-0.3, -0.25) is 9.59 Å². The van der Waals surface area contributed by atoms with Crippen molar-refractivity contribution in [3.63, 3.8) is 0 Å². The minimum absolute atomic E-state index is 0.176. The van der Waals surface area contributed by atoms with E-state index in [1.54, 1.807) is 30.3 Å². The predicted molar refractivity (Wildman–Crippen MR) is 91.0 cm³/mol. The van der Waals surface area contributed by atoms with Crippen molar-refractivity contribution in [2.75, 3.05) is 17.2 Å². The van der Waals surface area contributed by atoms with Gasteiger partial charge in [-0.15, -0.1) is 0 Å². The number of benzene rings is 2. The molecule has 0 spiro atoms. The third-order valence-corrected chi connectivity index (χ3v) is 3.18. The average Bonchev–Trinajstić information content (AvgIpc) is 2.50. The second-order valence-electron chi connectivity index (χ2n) is 5.13. The number of carbonyl (C=O) groups excluding carboxylic acids is 2. The highest BCUT2D eigenvalue weighted by molar-refractivity contribution is 6.05. The molecule has 0 radical (unpaired) electrons. The zero-order valence-electron chi connectivity index (χ0n) is 13.5. The molecule has 120 valence electrons. The van der Waals surface area contributed by atoms with Crippen molar-refractivity contribution in [1.29, 1.82) is 0 Å². The molecule has 0 fully saturated rings. The van der Waals surface area contributed by atoms with Gasteiger partial charge in [0.15, 0.2) is 0 Å². The van der Waals surface area contributed by atoms with Gasteiger partial charge in [-0.05, 0) is 55.8 Å². The smallest absolute Gasteiger partial charge is 0.255 e. The summed E-state index contributed by atoms with van der Waals surface area (Å²) in [6.07, 6.45) is 0. The average molecular weight is 312 g/mol. The summed E-state index contributed by atoms with van der Waals surface area (Å²) in [5.74, 6) is 0.392. The van der Waals surface area contributed by atoms with Gasteiger partial charge in [0, 0.05) is 23.9 Å². The van der Waals surface area contributed by atoms with Crippen LogP contribution in [0.5, 0.6) is 5.75 Å². The molecule has 0 aliphatic heterocycles. The summed E-state index contributed by atoms with van der Waals surface area (Å²) in [6, 6.07) is 12.3. The van der Waals surface area contributed by atoms with Gasteiger partial charge < -0.3 is 15.4 Å². The molecule has 5 heteroatoms. The number of hydrogen-bond donors (Lipinski definition) is 2. The Morgan fingerprint density at radius 3 is 2.43 bits per heavy atom. The monoisotopic (exact) mass is 312 g/mol. The van der Waals surface area contributed by atoms with Gasteiger partial charge in [0.05, 0.1) is 6.61 Å². The van der Waals surface area contributed by atoms with Crippen LogP contribution in [0.4, 0.5) is 11.4 Å². The first-order valence-corrected chi connectivity index (χ1v) is 7.42. The Bertz CT molecular complexity index is 726. The number of anilines is 2. The maximum absolute atomic E-state index is 12.3. The summed E-state index contributed by atoms with van der Waals surface area (Å²) in [4.78, 5) is 23.4. The SMILES string of the molecule is CCOc1ccc(NC(=O)c2cccc(NC(C)=O)c2)cc1C. The van der Waals surface area contributed by atoms with Crippen molar-refractivity contribution < 1.29 is 14.3 Å². The highest BCUT2D eigenvalue weighted by Crippen LogP contribution is 2.22. The van der Waals surface area contributed by atoms with E-state index < -0.39 is 0 Å². The van der Waals surface area contributed by atoms with Crippen LogP contribution in [0, 0.1) is 6.92 Å². The first-order chi connectivity index (χ1) is 11.0. The molecular weight excluding hydrogens is 292 g/mol. The zero-order chi connectivity index (χ0) is 16.8. The van der Waals surface area contributed by atoms with E-state index >= 15 is 0 Å². The first-order valence-electron chi connectivity index (χ1n) is 7.42. The second-order valence-corrected chi connectivity index (χ2v) is 5.13. The molecule has 2 amide bonds. The number of aryl methyl sites for hydroxylation is 1. The van der Waals surface area contributed by atoms with Crippen LogP contribution in [-0.4, -0.2) is 18.4 Å². The van der Waals surface area contributed by atoms with Gasteiger partial charge in [0.2, 0.25) is 5.91 Å². The van der Waals surface area contributed by atoms with Gasteiger partial charge in [-0.2, -0.15) is 0 Å². The third kappa shape index (κ3) is 4.57. The van der Waals surface area contributed by atoms with Crippen molar-refractivity contribution in [3.05, 3.63) is 53.6 Å². The van der Waals surface area contributed by atoms with E-state index in [4.69, 9.17) is 4.74 Å². The molecular formula is C18H20N2O3. The van der Waals surface area contributed by atoms with Crippen LogP contribution in [0.15, 0.2) is 42.5 Å². The Labute approximate surface area is 135 Å². The number of carbonyl (C=O) groups is 2. The van der Waals surface area contributed by atoms with Crippen LogP contribution in [0.2, 0.25) is 0 Å². The molecule has 0 heterocycles. The number of nitrogens with one attached hydrogen (secondary N) is 2. The molecule has 0 saturated carbocycles. The maximum atomic E-state index is 12.3. The van der Waals surface area contributed by atoms with Crippen molar-refractivity contribution >= 4 is 23.2 Å². The van der Waals surface area contributed by atoms with Crippen molar-refractivity contribution in [3.8, 4) is 5.75 Å². The standard InChI is InChI=1S/C18H20N2O3/c1-4-23-17-9-8-16(10-12(17)2)20-18(22)14-6-5-7-15(11-14)19-13(3)21/h5-11H,4H2,1-3H3,(H,19,21)(H,20,22). The second kappa shape index (κ2) is 7.45. The minimum Gasteiger partial charge on any atom is -0.494 e. The van der Waals surface area contributed by atoms with Crippen molar-refractivity contribution in [1.82, 2.24) is 0 Å². The summed E-state index contributed by atoms with van der Waals surface area (Å²) in [6.45, 7) is 5.88. The van der Waals surface area contributed by atoms with Crippen LogP contribution in [0.1, 0.15) is 29.8 Å². The summed E-state index contributed by atoms with van der Waals surface area (Å²) < 4.78 is 5.48. The molecule has 2 aromatic carbocycles. The molecule has 5 nitrogen and oxygen atoms in total. The number of hydrogen-bond acceptors (Lipinski definition) is 3. The zero-order valence-corrected chi connectivity index (χ0v) is 13.5. The molecule has 0 atom stereocenters. The molecule has 2 rings (SSSR count). The Morgan fingerprint density at radius 2 is 1.78 bits per heavy atom. The molecule has 0 bridgehead atoms. The van der Waals surface area contributed by atoms with E-state index in [1.165, 1.54) is 6.92 Å². The fraction of sp³-hybridized carbons (Fsp3) is 0.222. The lowest BCUT2D eigenvalue weighted by atomic mass is 10.1. The third-order valence-electron chi connectivity index (χ3n) is 3.18. The Kier molecular flexibility index (Phi) is 5.36. The lowest BCUT2D eigenvalue weighted by Crippen LogP contribution is -2.13. The molecule has 23 heavy (non-hydrogen) atoms. The van der Waals surface area contributed by atoms with Crippen molar-refractivity contribution in [2.24, 2.45) is 0 Å². The normalized spacial score (nSPS) is 10.0. The summed E-state index contributed by atoms with van der Waals surface area (Å²) in [5, 5.41) is 5.50. The topological polar surface area (TPSA) is 67.4 Å². The number of amides is 2. The van der Waals surface area contributed by atoms with Gasteiger partial charge >= 0.3 is 0 Å². The lowest BCUT2D eigenvalue weighted by molar-refractivity contribution is -0.114. The maximum Gasteiger partial charge on any atom is 0.255 e. The van der Waals surface area contributed by atoms with Crippen LogP contribution >= 0.6 is 0 Å². The van der Waals surface area contributed by atoms with Crippen LogP contribution in [0.25, 0.3) is 0 Å². The summed E-state index contributed by atoms with van der Waals surface area (Å²) in [7, 11) is 0. The van der Waals surface area contributed by atoms with Gasteiger partial charge in [-0.1, -0.05) is 6.07 Å². The first kappa shape index (κ1) is 16.5. The van der Waals surface area contributed by atoms with E-state index in [2.05, 4.69) is 10.6 Å². The molecule has 2 N–H and O–H groups in total. The van der Waals surface area contributed by atoms with E-state index in [-0.39, 0.29) is 11.8 Å². The van der Waals surface area contributed by atoms with Crippen LogP contribution < -0.4 is 15.4 Å². The molecule has 0 unspecified atom stereocenters. The minimum atomic E-state index is -0.235. The fourth-order valence-corrected chi connectivity index (χ4v) is 2.19. The Balaban J connectivity index is 2.12. The van der Waals surface area contributed by atoms with Gasteiger partial charge in [0.25, 0.3) is 5.91 Å².